The summed E-state index contributed by atoms with van der Waals surface area (Å²) in [5.74, 6) is 2.82. The Morgan fingerprint density at radius 3 is 0.985 bits per heavy atom. The highest BCUT2D eigenvalue weighted by Crippen LogP contribution is 2.35. The number of fused-ring (bicyclic) bond motifs is 4. The molecule has 133 heavy (non-hydrogen) atoms. The molecule has 38 heteroatoms. The fraction of sp³-hybridized carbons (Fsp3) is 0.200. The van der Waals surface area contributed by atoms with Gasteiger partial charge in [0.15, 0.2) is 22.6 Å². The van der Waals surface area contributed by atoms with Gasteiger partial charge in [-0.15, -0.1) is 20.4 Å². The summed E-state index contributed by atoms with van der Waals surface area (Å²) in [6.07, 6.45) is 28.1. The average Bonchev–Trinajstić information content (AvgIpc) is 1.66. The molecular formula is C95H107N29O9. The summed E-state index contributed by atoms with van der Waals surface area (Å²) in [6.45, 7) is 37.9. The number of nitrogens with one attached hydrogen (secondary N) is 9. The van der Waals surface area contributed by atoms with Gasteiger partial charge in [-0.1, -0.05) is 122 Å². The van der Waals surface area contributed by atoms with E-state index in [1.54, 1.807) is 175 Å². The molecule has 0 aliphatic heterocycles. The topological polar surface area (TPSA) is 383 Å². The Balaban J connectivity index is 0.000000151. The molecule has 0 aliphatic rings. The first kappa shape index (κ1) is 93.2. The van der Waals surface area contributed by atoms with Crippen molar-refractivity contribution in [3.05, 3.63) is 347 Å². The number of ether oxygens (including phenoxy) is 5. The van der Waals surface area contributed by atoms with Crippen LogP contribution in [0.25, 0.3) is 22.6 Å². The van der Waals surface area contributed by atoms with Gasteiger partial charge in [-0.25, -0.2) is 56.7 Å². The predicted molar refractivity (Wildman–Crippen MR) is 524 cm³/mol. The van der Waals surface area contributed by atoms with Gasteiger partial charge in [0, 0.05) is 124 Å². The molecule has 0 amide bonds. The predicted octanol–water partition coefficient (Wildman–Crippen LogP) is 14.3. The molecule has 0 aliphatic carbocycles. The Bertz CT molecular complexity index is 6820. The van der Waals surface area contributed by atoms with E-state index in [2.05, 4.69) is 141 Å². The van der Waals surface area contributed by atoms with Crippen LogP contribution in [0, 0.1) is 0 Å². The molecule has 686 valence electrons. The molecule has 16 rings (SSSR count). The number of hydrogen-bond acceptors (Lipinski definition) is 26. The zero-order valence-corrected chi connectivity index (χ0v) is 76.4. The number of benzene rings is 4. The maximum Gasteiger partial charge on any atom is 0.337 e. The smallest absolute Gasteiger partial charge is 0.337 e. The van der Waals surface area contributed by atoms with Crippen LogP contribution in [-0.2, 0) is 60.8 Å². The monoisotopic (exact) mass is 1800 g/mol. The van der Waals surface area contributed by atoms with Crippen LogP contribution in [0.2, 0.25) is 0 Å². The second-order valence-electron chi connectivity index (χ2n) is 30.7. The second-order valence-corrected chi connectivity index (χ2v) is 30.7. The zero-order chi connectivity index (χ0) is 95.0. The van der Waals surface area contributed by atoms with E-state index in [9.17, 15) is 19.2 Å². The number of hydrogen-bond donors (Lipinski definition) is 9. The first-order valence-electron chi connectivity index (χ1n) is 41.8. The van der Waals surface area contributed by atoms with Gasteiger partial charge in [-0.3, -0.25) is 37.0 Å². The summed E-state index contributed by atoms with van der Waals surface area (Å²) < 4.78 is 46.3. The standard InChI is InChI=1S/C25H29N7O2.C24H27N7O2.C23H26N8O2.C23H25N7O3/c1-7-17(4)27-19-10-8-9-18(11-19)13-31-15-20(28-21-14-30(5)29-24(21)34-6)23-26-12-22(16(2)3)32(23)25(31)33;1-6-16(3)26-18-10-8-9-17(11-18)13-30-15-20(27-21-14-29(4)28-23(21)33-5)22-25-12-19(7-2)31(22)24(30)32;1-6-15(2)26-17-9-7-8-16(10-17)12-30-14-18(27-19-13-29(4)28-22(19)33-5)21-25-11-20(24-3)31(21)23(30)32;1-6-15(2)25-17-9-7-8-16(10-17)12-29-14-18(26-19-13-28(3)27-22(19)33-5)21-24-11-20(32-4)30(21)23(29)31/h7-12,14-16,27-28H,1,4,13H2,2-3,5-6H3;6,8-12,14-15,26-27H,1,3,7,13H2,2,4-5H3;6-11,13-14,24,26-27H,1-2,12H2,3-5H3;6-11,13-14,25-26H,1-2,12H2,3-5H3. The van der Waals surface area contributed by atoms with Crippen molar-refractivity contribution in [3.8, 4) is 29.4 Å². The fourth-order valence-electron chi connectivity index (χ4n) is 14.5. The zero-order valence-electron chi connectivity index (χ0n) is 76.4. The Morgan fingerprint density at radius 2 is 0.669 bits per heavy atom. The van der Waals surface area contributed by atoms with E-state index in [1.165, 1.54) is 22.1 Å². The largest absolute Gasteiger partial charge is 0.481 e. The highest BCUT2D eigenvalue weighted by molar-refractivity contribution is 5.79. The van der Waals surface area contributed by atoms with Crippen LogP contribution in [0.5, 0.6) is 29.4 Å². The van der Waals surface area contributed by atoms with Crippen molar-refractivity contribution < 1.29 is 23.7 Å². The van der Waals surface area contributed by atoms with Crippen molar-refractivity contribution >= 4 is 96.7 Å². The second kappa shape index (κ2) is 41.5. The Morgan fingerprint density at radius 1 is 0.376 bits per heavy atom. The number of nitrogens with zero attached hydrogens (tertiary/aromatic N) is 20. The number of aryl methyl sites for hydroxylation is 5. The molecule has 0 saturated carbocycles. The molecule has 0 saturated heterocycles. The third-order valence-corrected chi connectivity index (χ3v) is 20.7. The van der Waals surface area contributed by atoms with E-state index < -0.39 is 0 Å². The van der Waals surface area contributed by atoms with E-state index in [1.807, 2.05) is 144 Å². The third-order valence-electron chi connectivity index (χ3n) is 20.7. The van der Waals surface area contributed by atoms with E-state index in [-0.39, 0.29) is 28.7 Å². The number of imidazole rings is 4. The molecule has 12 heterocycles. The van der Waals surface area contributed by atoms with Crippen LogP contribution in [-0.4, -0.2) is 138 Å². The van der Waals surface area contributed by atoms with Crippen molar-refractivity contribution in [2.75, 3.05) is 90.4 Å². The van der Waals surface area contributed by atoms with Gasteiger partial charge in [-0.2, -0.15) is 0 Å². The molecule has 9 N–H and O–H groups in total. The lowest BCUT2D eigenvalue weighted by molar-refractivity contribution is 0.390. The number of aromatic nitrogens is 20. The van der Waals surface area contributed by atoms with Gasteiger partial charge < -0.3 is 71.5 Å². The van der Waals surface area contributed by atoms with Crippen molar-refractivity contribution in [2.45, 2.75) is 59.3 Å². The minimum absolute atomic E-state index is 0.122. The SMILES string of the molecule is C=CC(=C)Nc1cccc(Cn2cc(Nc3cn(C)nc3OC)c3ncc(C(C)C)n3c2=O)c1.C=CC(=C)Nc1cccc(Cn2cc(Nc3cn(C)nc3OC)c3ncc(CC)n3c2=O)c1.C=CC(=C)Nc1cccc(Cn2cc(Nc3cn(C)nc3OC)c3ncc(NC)n3c2=O)c1.C=CC(=C)Nc1cccc(Cn2cc(Nc3cn(C)nc3OC)c3ncc(OC)n3c2=O)c1. The summed E-state index contributed by atoms with van der Waals surface area (Å²) in [4.78, 5) is 71.5. The molecule has 0 spiro atoms. The van der Waals surface area contributed by atoms with Crippen LogP contribution >= 0.6 is 0 Å². The summed E-state index contributed by atoms with van der Waals surface area (Å²) in [5.41, 5.74) is 18.2. The van der Waals surface area contributed by atoms with Crippen molar-refractivity contribution in [3.63, 3.8) is 0 Å². The van der Waals surface area contributed by atoms with Crippen LogP contribution in [0.15, 0.2) is 290 Å². The Hall–Kier alpha value is -17.5. The summed E-state index contributed by atoms with van der Waals surface area (Å²) >= 11 is 0. The maximum atomic E-state index is 13.5. The van der Waals surface area contributed by atoms with Gasteiger partial charge in [0.05, 0.1) is 127 Å². The lowest BCUT2D eigenvalue weighted by Crippen LogP contribution is -2.28. The molecule has 38 nitrogen and oxygen atoms in total. The number of allylic oxidation sites excluding steroid dienone is 4. The van der Waals surface area contributed by atoms with E-state index in [4.69, 9.17) is 23.7 Å². The van der Waals surface area contributed by atoms with Crippen molar-refractivity contribution in [1.29, 1.82) is 0 Å². The number of methoxy groups -OCH3 is 5. The lowest BCUT2D eigenvalue weighted by atomic mass is 10.1. The minimum Gasteiger partial charge on any atom is -0.481 e. The highest BCUT2D eigenvalue weighted by Gasteiger charge is 2.24. The Kier molecular flexibility index (Phi) is 29.1. The Labute approximate surface area is 765 Å². The molecule has 0 atom stereocenters. The molecule has 0 radical (unpaired) electrons. The normalized spacial score (nSPS) is 10.9. The van der Waals surface area contributed by atoms with Gasteiger partial charge in [0.1, 0.15) is 28.6 Å². The van der Waals surface area contributed by atoms with E-state index in [0.717, 1.165) is 56.4 Å². The molecule has 4 aromatic carbocycles. The van der Waals surface area contributed by atoms with Crippen LogP contribution < -0.4 is 94.3 Å². The van der Waals surface area contributed by atoms with Crippen LogP contribution in [0.4, 0.5) is 74.1 Å². The van der Waals surface area contributed by atoms with Gasteiger partial charge in [0.2, 0.25) is 5.88 Å². The van der Waals surface area contributed by atoms with Gasteiger partial charge in [0.25, 0.3) is 23.5 Å². The first-order valence-corrected chi connectivity index (χ1v) is 41.8. The summed E-state index contributed by atoms with van der Waals surface area (Å²) in [6, 6.07) is 31.2. The van der Waals surface area contributed by atoms with E-state index in [0.29, 0.717) is 159 Å². The van der Waals surface area contributed by atoms with E-state index >= 15 is 0 Å². The molecular weight excluding hydrogens is 1690 g/mol. The van der Waals surface area contributed by atoms with Crippen LogP contribution in [0.3, 0.4) is 0 Å². The quantitative estimate of drug-likeness (QED) is 0.0165. The highest BCUT2D eigenvalue weighted by atomic mass is 16.5. The third kappa shape index (κ3) is 21.4. The molecule has 0 bridgehead atoms. The average molecular weight is 1800 g/mol. The fourth-order valence-corrected chi connectivity index (χ4v) is 14.5. The molecule has 0 unspecified atom stereocenters. The van der Waals surface area contributed by atoms with Crippen molar-refractivity contribution in [1.82, 2.24) is 94.9 Å². The molecule has 16 aromatic rings. The number of rotatable bonds is 36. The lowest BCUT2D eigenvalue weighted by Gasteiger charge is -2.14. The molecule has 12 aromatic heterocycles. The minimum atomic E-state index is -0.281. The summed E-state index contributed by atoms with van der Waals surface area (Å²) in [7, 11) is 16.7. The summed E-state index contributed by atoms with van der Waals surface area (Å²) in [5, 5.41) is 46.2. The van der Waals surface area contributed by atoms with Gasteiger partial charge >= 0.3 is 22.8 Å². The maximum absolute atomic E-state index is 13.5. The first-order chi connectivity index (χ1) is 64.1. The van der Waals surface area contributed by atoms with Crippen molar-refractivity contribution in [2.24, 2.45) is 28.2 Å². The van der Waals surface area contributed by atoms with Gasteiger partial charge in [-0.05, 0) is 107 Å². The number of anilines is 13. The van der Waals surface area contributed by atoms with Crippen LogP contribution in [0.1, 0.15) is 60.3 Å². The molecule has 0 fully saturated rings.